The molecule has 27 heavy (non-hydrogen) atoms. The summed E-state index contributed by atoms with van der Waals surface area (Å²) in [5, 5.41) is 5.96. The highest BCUT2D eigenvalue weighted by Crippen LogP contribution is 2.34. The molecule has 1 amide bonds. The zero-order chi connectivity index (χ0) is 18.6. The van der Waals surface area contributed by atoms with Crippen LogP contribution in [0.25, 0.3) is 0 Å². The van der Waals surface area contributed by atoms with E-state index in [4.69, 9.17) is 9.47 Å². The van der Waals surface area contributed by atoms with Crippen molar-refractivity contribution in [2.45, 2.75) is 13.5 Å². The molecule has 0 unspecified atom stereocenters. The van der Waals surface area contributed by atoms with Crippen LogP contribution in [0.4, 0.5) is 11.6 Å². The van der Waals surface area contributed by atoms with E-state index >= 15 is 0 Å². The Kier molecular flexibility index (Phi) is 4.57. The van der Waals surface area contributed by atoms with Crippen molar-refractivity contribution in [1.29, 1.82) is 0 Å². The smallest absolute Gasteiger partial charge is 0.270 e. The summed E-state index contributed by atoms with van der Waals surface area (Å²) in [6.07, 6.45) is 1.55. The van der Waals surface area contributed by atoms with E-state index in [9.17, 15) is 4.79 Å². The molecule has 0 bridgehead atoms. The van der Waals surface area contributed by atoms with Crippen molar-refractivity contribution in [1.82, 2.24) is 15.3 Å². The van der Waals surface area contributed by atoms with Crippen LogP contribution in [-0.4, -0.2) is 22.7 Å². The van der Waals surface area contributed by atoms with Crippen molar-refractivity contribution in [3.63, 3.8) is 0 Å². The number of hydrogen-bond donors (Lipinski definition) is 2. The number of nitrogens with zero attached hydrogens (tertiary/aromatic N) is 2. The Balaban J connectivity index is 1.44. The van der Waals surface area contributed by atoms with E-state index in [-0.39, 0.29) is 12.7 Å². The molecule has 2 N–H and O–H groups in total. The summed E-state index contributed by atoms with van der Waals surface area (Å²) in [7, 11) is 0. The lowest BCUT2D eigenvalue weighted by Crippen LogP contribution is -2.24. The van der Waals surface area contributed by atoms with Crippen LogP contribution in [0.5, 0.6) is 11.5 Å². The van der Waals surface area contributed by atoms with Crippen molar-refractivity contribution in [3.05, 3.63) is 71.5 Å². The number of rotatable bonds is 5. The Hall–Kier alpha value is -3.61. The molecule has 1 aromatic heterocycles. The summed E-state index contributed by atoms with van der Waals surface area (Å²) in [4.78, 5) is 20.9. The summed E-state index contributed by atoms with van der Waals surface area (Å²) < 4.78 is 10.6. The van der Waals surface area contributed by atoms with Gasteiger partial charge in [-0.1, -0.05) is 24.3 Å². The maximum atomic E-state index is 12.4. The van der Waals surface area contributed by atoms with Gasteiger partial charge in [-0.25, -0.2) is 9.97 Å². The standard InChI is InChI=1S/C20H18N4O3/c1-13-4-2-3-5-14(13)11-22-19(25)16-8-9-21-20(24-16)23-15-6-7-17-18(10-15)27-12-26-17/h2-10H,11-12H2,1H3,(H,22,25)(H,21,23,24). The van der Waals surface area contributed by atoms with Crippen molar-refractivity contribution in [2.24, 2.45) is 0 Å². The van der Waals surface area contributed by atoms with Gasteiger partial charge in [-0.15, -0.1) is 0 Å². The highest BCUT2D eigenvalue weighted by Gasteiger charge is 2.14. The first-order valence-corrected chi connectivity index (χ1v) is 8.51. The first kappa shape index (κ1) is 16.8. The summed E-state index contributed by atoms with van der Waals surface area (Å²) in [6, 6.07) is 15.0. The van der Waals surface area contributed by atoms with Gasteiger partial charge in [0.1, 0.15) is 5.69 Å². The van der Waals surface area contributed by atoms with Crippen LogP contribution in [0.1, 0.15) is 21.6 Å². The van der Waals surface area contributed by atoms with E-state index < -0.39 is 0 Å². The van der Waals surface area contributed by atoms with Crippen LogP contribution < -0.4 is 20.1 Å². The molecule has 1 aliphatic rings. The normalized spacial score (nSPS) is 11.9. The maximum Gasteiger partial charge on any atom is 0.270 e. The molecule has 0 saturated carbocycles. The summed E-state index contributed by atoms with van der Waals surface area (Å²) >= 11 is 0. The molecule has 0 spiro atoms. The number of nitrogens with one attached hydrogen (secondary N) is 2. The van der Waals surface area contributed by atoms with E-state index in [1.807, 2.05) is 43.3 Å². The number of benzene rings is 2. The van der Waals surface area contributed by atoms with E-state index in [0.29, 0.717) is 29.7 Å². The third-order valence-corrected chi connectivity index (χ3v) is 4.22. The number of fused-ring (bicyclic) bond motifs is 1. The molecule has 0 radical (unpaired) electrons. The van der Waals surface area contributed by atoms with Crippen molar-refractivity contribution in [2.75, 3.05) is 12.1 Å². The predicted molar refractivity (Wildman–Crippen MR) is 100 cm³/mol. The Morgan fingerprint density at radius 1 is 1.11 bits per heavy atom. The van der Waals surface area contributed by atoms with Crippen molar-refractivity contribution >= 4 is 17.5 Å². The SMILES string of the molecule is Cc1ccccc1CNC(=O)c1ccnc(Nc2ccc3c(c2)OCO3)n1. The topological polar surface area (TPSA) is 85.4 Å². The van der Waals surface area contributed by atoms with Crippen molar-refractivity contribution in [3.8, 4) is 11.5 Å². The third kappa shape index (κ3) is 3.82. The molecule has 3 aromatic rings. The Labute approximate surface area is 156 Å². The molecule has 0 saturated heterocycles. The van der Waals surface area contributed by atoms with E-state index in [0.717, 1.165) is 16.8 Å². The van der Waals surface area contributed by atoms with Crippen LogP contribution in [-0.2, 0) is 6.54 Å². The van der Waals surface area contributed by atoms with E-state index in [1.165, 1.54) is 0 Å². The molecule has 0 atom stereocenters. The summed E-state index contributed by atoms with van der Waals surface area (Å²) in [6.45, 7) is 2.67. The quantitative estimate of drug-likeness (QED) is 0.725. The Morgan fingerprint density at radius 3 is 2.85 bits per heavy atom. The van der Waals surface area contributed by atoms with Gasteiger partial charge in [0.05, 0.1) is 0 Å². The van der Waals surface area contributed by atoms with E-state index in [1.54, 1.807) is 18.3 Å². The lowest BCUT2D eigenvalue weighted by atomic mass is 10.1. The molecule has 4 rings (SSSR count). The third-order valence-electron chi connectivity index (χ3n) is 4.22. The van der Waals surface area contributed by atoms with E-state index in [2.05, 4.69) is 20.6 Å². The van der Waals surface area contributed by atoms with Crippen LogP contribution >= 0.6 is 0 Å². The number of carbonyl (C=O) groups is 1. The van der Waals surface area contributed by atoms with Gasteiger partial charge in [0.15, 0.2) is 11.5 Å². The van der Waals surface area contributed by atoms with Gasteiger partial charge < -0.3 is 20.1 Å². The summed E-state index contributed by atoms with van der Waals surface area (Å²) in [5.74, 6) is 1.43. The summed E-state index contributed by atoms with van der Waals surface area (Å²) in [5.41, 5.74) is 3.24. The molecule has 136 valence electrons. The van der Waals surface area contributed by atoms with Gasteiger partial charge in [-0.3, -0.25) is 4.79 Å². The fourth-order valence-corrected chi connectivity index (χ4v) is 2.72. The molecule has 0 aliphatic carbocycles. The number of carbonyl (C=O) groups excluding carboxylic acids is 1. The fraction of sp³-hybridized carbons (Fsp3) is 0.150. The number of hydrogen-bond acceptors (Lipinski definition) is 6. The molecule has 7 nitrogen and oxygen atoms in total. The lowest BCUT2D eigenvalue weighted by molar-refractivity contribution is 0.0946. The predicted octanol–water partition coefficient (Wildman–Crippen LogP) is 3.19. The molecule has 0 fully saturated rings. The van der Waals surface area contributed by atoms with Crippen molar-refractivity contribution < 1.29 is 14.3 Å². The maximum absolute atomic E-state index is 12.4. The van der Waals surface area contributed by atoms with Crippen LogP contribution in [0.15, 0.2) is 54.7 Å². The van der Waals surface area contributed by atoms with Gasteiger partial charge >= 0.3 is 0 Å². The second-order valence-electron chi connectivity index (χ2n) is 6.07. The highest BCUT2D eigenvalue weighted by molar-refractivity contribution is 5.92. The lowest BCUT2D eigenvalue weighted by Gasteiger charge is -2.09. The molecule has 2 heterocycles. The minimum absolute atomic E-state index is 0.214. The van der Waals surface area contributed by atoms with Crippen LogP contribution in [0.2, 0.25) is 0 Å². The van der Waals surface area contributed by atoms with Gasteiger partial charge in [-0.05, 0) is 36.2 Å². The molecule has 1 aliphatic heterocycles. The first-order valence-electron chi connectivity index (χ1n) is 8.51. The number of aromatic nitrogens is 2. The minimum Gasteiger partial charge on any atom is -0.454 e. The monoisotopic (exact) mass is 362 g/mol. The zero-order valence-corrected chi connectivity index (χ0v) is 14.7. The second kappa shape index (κ2) is 7.33. The average Bonchev–Trinajstić information content (AvgIpc) is 3.15. The average molecular weight is 362 g/mol. The van der Waals surface area contributed by atoms with Gasteiger partial charge in [0, 0.05) is 24.5 Å². The molecular formula is C20H18N4O3. The van der Waals surface area contributed by atoms with Gasteiger partial charge in [0.2, 0.25) is 12.7 Å². The first-order chi connectivity index (χ1) is 13.2. The molecule has 7 heteroatoms. The van der Waals surface area contributed by atoms with Crippen LogP contribution in [0, 0.1) is 6.92 Å². The zero-order valence-electron chi connectivity index (χ0n) is 14.7. The van der Waals surface area contributed by atoms with Gasteiger partial charge in [-0.2, -0.15) is 0 Å². The Bertz CT molecular complexity index is 990. The van der Waals surface area contributed by atoms with Gasteiger partial charge in [0.25, 0.3) is 5.91 Å². The highest BCUT2D eigenvalue weighted by atomic mass is 16.7. The number of amides is 1. The minimum atomic E-state index is -0.255. The Morgan fingerprint density at radius 2 is 1.96 bits per heavy atom. The van der Waals surface area contributed by atoms with Crippen LogP contribution in [0.3, 0.4) is 0 Å². The number of aryl methyl sites for hydroxylation is 1. The second-order valence-corrected chi connectivity index (χ2v) is 6.07. The molecule has 2 aromatic carbocycles. The largest absolute Gasteiger partial charge is 0.454 e. The number of anilines is 2. The number of ether oxygens (including phenoxy) is 2. The fourth-order valence-electron chi connectivity index (χ4n) is 2.72. The molecular weight excluding hydrogens is 344 g/mol.